The average molecular weight is 863 g/mol. The molecule has 0 saturated carbocycles. The molecule has 0 saturated heterocycles. The second-order valence-corrected chi connectivity index (χ2v) is 19.8. The average Bonchev–Trinajstić information content (AvgIpc) is 3.24. The van der Waals surface area contributed by atoms with Gasteiger partial charge in [-0.15, -0.1) is 0 Å². The molecule has 362 valence electrons. The molecule has 0 radical (unpaired) electrons. The van der Waals surface area contributed by atoms with E-state index in [4.69, 9.17) is 14.2 Å². The summed E-state index contributed by atoms with van der Waals surface area (Å²) >= 11 is 0. The lowest BCUT2D eigenvalue weighted by Crippen LogP contribution is -2.30. The molecule has 6 nitrogen and oxygen atoms in total. The normalized spacial score (nSPS) is 13.0. The molecule has 0 rings (SSSR count). The largest absolute Gasteiger partial charge is 0.462 e. The third-order valence-electron chi connectivity index (χ3n) is 13.1. The molecule has 0 spiro atoms. The van der Waals surface area contributed by atoms with E-state index in [1.807, 2.05) is 0 Å². The Bertz CT molecular complexity index is 949. The summed E-state index contributed by atoms with van der Waals surface area (Å²) in [6.45, 7) is 13.8. The number of hydrogen-bond donors (Lipinski definition) is 0. The van der Waals surface area contributed by atoms with Crippen molar-refractivity contribution in [1.82, 2.24) is 0 Å². The van der Waals surface area contributed by atoms with Gasteiger partial charge in [0.25, 0.3) is 0 Å². The molecule has 0 aromatic carbocycles. The van der Waals surface area contributed by atoms with Gasteiger partial charge in [0.1, 0.15) is 13.2 Å². The third kappa shape index (κ3) is 46.2. The Morgan fingerprint density at radius 3 is 0.852 bits per heavy atom. The van der Waals surface area contributed by atoms with Crippen molar-refractivity contribution in [2.24, 2.45) is 17.8 Å². The molecule has 6 heteroatoms. The number of esters is 3. The van der Waals surface area contributed by atoms with E-state index in [1.54, 1.807) is 0 Å². The van der Waals surface area contributed by atoms with Gasteiger partial charge >= 0.3 is 17.9 Å². The molecule has 61 heavy (non-hydrogen) atoms. The van der Waals surface area contributed by atoms with E-state index in [2.05, 4.69) is 41.5 Å². The lowest BCUT2D eigenvalue weighted by Gasteiger charge is -2.18. The van der Waals surface area contributed by atoms with Gasteiger partial charge in [-0.25, -0.2) is 0 Å². The maximum atomic E-state index is 12.8. The van der Waals surface area contributed by atoms with E-state index in [-0.39, 0.29) is 31.1 Å². The van der Waals surface area contributed by atoms with Crippen molar-refractivity contribution in [1.29, 1.82) is 0 Å². The minimum absolute atomic E-state index is 0.0647. The predicted molar refractivity (Wildman–Crippen MR) is 261 cm³/mol. The maximum Gasteiger partial charge on any atom is 0.306 e. The Labute approximate surface area is 380 Å². The van der Waals surface area contributed by atoms with Crippen molar-refractivity contribution in [2.75, 3.05) is 13.2 Å². The molecular formula is C55H106O6. The molecule has 0 fully saturated rings. The molecule has 0 aliphatic carbocycles. The molecule has 0 aromatic rings. The van der Waals surface area contributed by atoms with Gasteiger partial charge < -0.3 is 14.2 Å². The summed E-state index contributed by atoms with van der Waals surface area (Å²) in [5.41, 5.74) is 0. The first-order valence-corrected chi connectivity index (χ1v) is 27.2. The lowest BCUT2D eigenvalue weighted by atomic mass is 9.99. The summed E-state index contributed by atoms with van der Waals surface area (Å²) in [5, 5.41) is 0. The highest BCUT2D eigenvalue weighted by Gasteiger charge is 2.19. The Balaban J connectivity index is 4.28. The smallest absolute Gasteiger partial charge is 0.306 e. The van der Waals surface area contributed by atoms with Gasteiger partial charge in [0, 0.05) is 19.3 Å². The highest BCUT2D eigenvalue weighted by atomic mass is 16.6. The van der Waals surface area contributed by atoms with Crippen LogP contribution in [0.25, 0.3) is 0 Å². The SMILES string of the molecule is CCC(C)CCCCCCCCCCCCCCCCC(=O)OC[C@@H](COC(=O)CCCCCCCCCCCCC(C)CC)OC(=O)CCCCCCCCCCC(C)C. The maximum absolute atomic E-state index is 12.8. The standard InChI is InChI=1S/C55H106O6/c1-7-50(5)42-36-30-24-17-13-11-9-10-12-14-19-26-32-38-44-53(56)59-47-52(61-55(58)46-40-34-28-22-21-23-29-35-41-49(3)4)48-60-54(57)45-39-33-27-20-16-15-18-25-31-37-43-51(6)8-2/h49-52H,7-48H2,1-6H3/t50?,51?,52-/m0/s1. The quantitative estimate of drug-likeness (QED) is 0.0344. The highest BCUT2D eigenvalue weighted by molar-refractivity contribution is 5.71. The molecule has 0 aliphatic heterocycles. The van der Waals surface area contributed by atoms with Crippen molar-refractivity contribution in [3.63, 3.8) is 0 Å². The Morgan fingerprint density at radius 2 is 0.574 bits per heavy atom. The monoisotopic (exact) mass is 863 g/mol. The molecule has 2 unspecified atom stereocenters. The number of carbonyl (C=O) groups excluding carboxylic acids is 3. The Morgan fingerprint density at radius 1 is 0.328 bits per heavy atom. The fourth-order valence-corrected chi connectivity index (χ4v) is 8.23. The number of hydrogen-bond acceptors (Lipinski definition) is 6. The fraction of sp³-hybridized carbons (Fsp3) is 0.945. The van der Waals surface area contributed by atoms with Crippen molar-refractivity contribution in [3.05, 3.63) is 0 Å². The summed E-state index contributed by atoms with van der Waals surface area (Å²) in [6, 6.07) is 0. The number of carbonyl (C=O) groups is 3. The summed E-state index contributed by atoms with van der Waals surface area (Å²) < 4.78 is 16.8. The van der Waals surface area contributed by atoms with Crippen LogP contribution in [0.4, 0.5) is 0 Å². The second kappa shape index (κ2) is 46.4. The van der Waals surface area contributed by atoms with Crippen molar-refractivity contribution in [2.45, 2.75) is 304 Å². The Kier molecular flexibility index (Phi) is 45.2. The van der Waals surface area contributed by atoms with Gasteiger partial charge in [0.15, 0.2) is 6.10 Å². The minimum atomic E-state index is -0.763. The van der Waals surface area contributed by atoms with Gasteiger partial charge in [0.05, 0.1) is 0 Å². The molecule has 0 heterocycles. The zero-order valence-corrected chi connectivity index (χ0v) is 42.0. The van der Waals surface area contributed by atoms with E-state index in [0.29, 0.717) is 19.3 Å². The van der Waals surface area contributed by atoms with Crippen LogP contribution < -0.4 is 0 Å². The van der Waals surface area contributed by atoms with E-state index in [0.717, 1.165) is 75.5 Å². The van der Waals surface area contributed by atoms with Gasteiger partial charge in [-0.1, -0.05) is 260 Å². The van der Waals surface area contributed by atoms with Crippen LogP contribution in [0.15, 0.2) is 0 Å². The van der Waals surface area contributed by atoms with Gasteiger partial charge in [0.2, 0.25) is 0 Å². The minimum Gasteiger partial charge on any atom is -0.462 e. The first-order valence-electron chi connectivity index (χ1n) is 27.2. The summed E-state index contributed by atoms with van der Waals surface area (Å²) in [6.07, 6.45) is 46.5. The van der Waals surface area contributed by atoms with Crippen molar-refractivity contribution >= 4 is 17.9 Å². The number of unbranched alkanes of at least 4 members (excludes halogenated alkanes) is 29. The summed E-state index contributed by atoms with van der Waals surface area (Å²) in [7, 11) is 0. The van der Waals surface area contributed by atoms with Crippen LogP contribution in [-0.4, -0.2) is 37.2 Å². The molecule has 0 aromatic heterocycles. The number of ether oxygens (including phenoxy) is 3. The molecule has 0 amide bonds. The molecular weight excluding hydrogens is 757 g/mol. The summed E-state index contributed by atoms with van der Waals surface area (Å²) in [5.74, 6) is 1.71. The van der Waals surface area contributed by atoms with Crippen molar-refractivity contribution in [3.8, 4) is 0 Å². The van der Waals surface area contributed by atoms with Crippen LogP contribution in [0.5, 0.6) is 0 Å². The van der Waals surface area contributed by atoms with Crippen molar-refractivity contribution < 1.29 is 28.6 Å². The Hall–Kier alpha value is -1.59. The van der Waals surface area contributed by atoms with Gasteiger partial charge in [-0.3, -0.25) is 14.4 Å². The first kappa shape index (κ1) is 59.4. The molecule has 3 atom stereocenters. The zero-order chi connectivity index (χ0) is 44.9. The van der Waals surface area contributed by atoms with Crippen LogP contribution in [0.2, 0.25) is 0 Å². The van der Waals surface area contributed by atoms with E-state index >= 15 is 0 Å². The number of rotatable bonds is 48. The topological polar surface area (TPSA) is 78.9 Å². The second-order valence-electron chi connectivity index (χ2n) is 19.8. The van der Waals surface area contributed by atoms with Crippen LogP contribution in [-0.2, 0) is 28.6 Å². The lowest BCUT2D eigenvalue weighted by molar-refractivity contribution is -0.167. The third-order valence-corrected chi connectivity index (χ3v) is 13.1. The predicted octanol–water partition coefficient (Wildman–Crippen LogP) is 17.6. The summed E-state index contributed by atoms with van der Waals surface area (Å²) in [4.78, 5) is 38.0. The van der Waals surface area contributed by atoms with Crippen LogP contribution in [0.3, 0.4) is 0 Å². The molecule has 0 N–H and O–H groups in total. The van der Waals surface area contributed by atoms with Crippen LogP contribution in [0.1, 0.15) is 298 Å². The molecule has 0 aliphatic rings. The highest BCUT2D eigenvalue weighted by Crippen LogP contribution is 2.19. The van der Waals surface area contributed by atoms with Gasteiger partial charge in [-0.05, 0) is 37.0 Å². The van der Waals surface area contributed by atoms with Crippen LogP contribution >= 0.6 is 0 Å². The van der Waals surface area contributed by atoms with Gasteiger partial charge in [-0.2, -0.15) is 0 Å². The van der Waals surface area contributed by atoms with Crippen LogP contribution in [0, 0.1) is 17.8 Å². The van der Waals surface area contributed by atoms with E-state index < -0.39 is 6.10 Å². The first-order chi connectivity index (χ1) is 29.7. The zero-order valence-electron chi connectivity index (χ0n) is 42.0. The van der Waals surface area contributed by atoms with E-state index in [1.165, 1.54) is 180 Å². The molecule has 0 bridgehead atoms. The van der Waals surface area contributed by atoms with E-state index in [9.17, 15) is 14.4 Å². The fourth-order valence-electron chi connectivity index (χ4n) is 8.23.